The maximum absolute atomic E-state index is 14.0. The maximum Gasteiger partial charge on any atom is 0.254 e. The minimum absolute atomic E-state index is 0.0128. The summed E-state index contributed by atoms with van der Waals surface area (Å²) in [6.45, 7) is 4.59. The van der Waals surface area contributed by atoms with Gasteiger partial charge < -0.3 is 4.90 Å². The van der Waals surface area contributed by atoms with Crippen molar-refractivity contribution < 1.29 is 26.4 Å². The van der Waals surface area contributed by atoms with E-state index in [1.54, 1.807) is 28.9 Å². The van der Waals surface area contributed by atoms with E-state index in [0.717, 1.165) is 12.1 Å². The normalized spacial score (nSPS) is 17.4. The Morgan fingerprint density at radius 1 is 1.06 bits per heavy atom. The Morgan fingerprint density at radius 2 is 1.72 bits per heavy atom. The van der Waals surface area contributed by atoms with Crippen LogP contribution in [0.15, 0.2) is 36.4 Å². The molecule has 0 saturated carbocycles. The number of carbonyl (C=O) groups excluding carboxylic acids is 1. The lowest BCUT2D eigenvalue weighted by molar-refractivity contribution is 0.0470. The zero-order chi connectivity index (χ0) is 23.5. The van der Waals surface area contributed by atoms with Gasteiger partial charge in [-0.25, -0.2) is 21.6 Å². The van der Waals surface area contributed by atoms with Gasteiger partial charge in [-0.05, 0) is 49.7 Å². The number of hydrogen-bond acceptors (Lipinski definition) is 4. The summed E-state index contributed by atoms with van der Waals surface area (Å²) < 4.78 is 67.6. The van der Waals surface area contributed by atoms with Crippen molar-refractivity contribution in [3.05, 3.63) is 65.0 Å². The molecule has 2 aromatic rings. The van der Waals surface area contributed by atoms with Crippen LogP contribution < -0.4 is 4.72 Å². The van der Waals surface area contributed by atoms with Crippen LogP contribution in [-0.2, 0) is 16.6 Å². The second-order valence-electron chi connectivity index (χ2n) is 7.90. The summed E-state index contributed by atoms with van der Waals surface area (Å²) in [6, 6.07) is 7.62. The summed E-state index contributed by atoms with van der Waals surface area (Å²) in [5.41, 5.74) is 0.469. The number of sulfonamides is 1. The van der Waals surface area contributed by atoms with E-state index in [-0.39, 0.29) is 29.8 Å². The van der Waals surface area contributed by atoms with E-state index in [1.807, 2.05) is 6.92 Å². The number of rotatable bonds is 7. The number of amides is 1. The number of carbonyl (C=O) groups is 1. The Morgan fingerprint density at radius 3 is 2.34 bits per heavy atom. The van der Waals surface area contributed by atoms with Gasteiger partial charge in [0.15, 0.2) is 11.6 Å². The van der Waals surface area contributed by atoms with E-state index in [1.165, 1.54) is 12.1 Å². The van der Waals surface area contributed by atoms with Crippen LogP contribution in [-0.4, -0.2) is 55.6 Å². The molecule has 6 nitrogen and oxygen atoms in total. The molecule has 3 rings (SSSR count). The van der Waals surface area contributed by atoms with Crippen LogP contribution in [0.5, 0.6) is 0 Å². The summed E-state index contributed by atoms with van der Waals surface area (Å²) >= 11 is 0. The fourth-order valence-corrected chi connectivity index (χ4v) is 4.90. The predicted molar refractivity (Wildman–Crippen MR) is 116 cm³/mol. The fraction of sp³-hybridized carbons (Fsp3) is 0.409. The Hall–Kier alpha value is -2.59. The molecule has 1 heterocycles. The molecule has 0 radical (unpaired) electrons. The predicted octanol–water partition coefficient (Wildman–Crippen LogP) is 3.60. The number of halogens is 3. The number of nitrogens with zero attached hydrogens (tertiary/aromatic N) is 2. The molecule has 0 aromatic heterocycles. The van der Waals surface area contributed by atoms with Gasteiger partial charge in [0, 0.05) is 49.0 Å². The minimum atomic E-state index is -3.42. The van der Waals surface area contributed by atoms with E-state index in [4.69, 9.17) is 0 Å². The molecule has 1 N–H and O–H groups in total. The average Bonchev–Trinajstić information content (AvgIpc) is 2.74. The first kappa shape index (κ1) is 24.1. The van der Waals surface area contributed by atoms with E-state index in [9.17, 15) is 26.4 Å². The highest BCUT2D eigenvalue weighted by Crippen LogP contribution is 2.21. The summed E-state index contributed by atoms with van der Waals surface area (Å²) in [7, 11) is -3.42. The third-order valence-corrected chi connectivity index (χ3v) is 6.86. The van der Waals surface area contributed by atoms with E-state index >= 15 is 0 Å². The second kappa shape index (κ2) is 9.91. The number of anilines is 1. The molecule has 1 fully saturated rings. The monoisotopic (exact) mass is 469 g/mol. The van der Waals surface area contributed by atoms with Crippen molar-refractivity contribution in [3.63, 3.8) is 0 Å². The molecule has 32 heavy (non-hydrogen) atoms. The van der Waals surface area contributed by atoms with Gasteiger partial charge in [-0.2, -0.15) is 0 Å². The van der Waals surface area contributed by atoms with Crippen LogP contribution >= 0.6 is 0 Å². The van der Waals surface area contributed by atoms with E-state index in [0.29, 0.717) is 37.3 Å². The molecular weight excluding hydrogens is 443 g/mol. The third kappa shape index (κ3) is 5.60. The van der Waals surface area contributed by atoms with E-state index in [2.05, 4.69) is 4.72 Å². The van der Waals surface area contributed by atoms with Gasteiger partial charge >= 0.3 is 0 Å². The molecule has 0 spiro atoms. The molecule has 1 aliphatic heterocycles. The van der Waals surface area contributed by atoms with Crippen molar-refractivity contribution in [2.45, 2.75) is 32.9 Å². The van der Waals surface area contributed by atoms with E-state index < -0.39 is 27.5 Å². The van der Waals surface area contributed by atoms with Gasteiger partial charge in [-0.15, -0.1) is 0 Å². The smallest absolute Gasteiger partial charge is 0.254 e. The van der Waals surface area contributed by atoms with Crippen molar-refractivity contribution in [2.24, 2.45) is 0 Å². The van der Waals surface area contributed by atoms with Crippen LogP contribution in [0.2, 0.25) is 0 Å². The quantitative estimate of drug-likeness (QED) is 0.629. The molecular formula is C22H26F3N3O3S. The first-order valence-corrected chi connectivity index (χ1v) is 12.0. The van der Waals surface area contributed by atoms with Gasteiger partial charge in [0.2, 0.25) is 10.0 Å². The lowest BCUT2D eigenvalue weighted by Gasteiger charge is -2.40. The molecule has 0 unspecified atom stereocenters. The lowest BCUT2D eigenvalue weighted by Crippen LogP contribution is -2.53. The Kier molecular flexibility index (Phi) is 7.45. The molecule has 1 amide bonds. The zero-order valence-electron chi connectivity index (χ0n) is 17.9. The van der Waals surface area contributed by atoms with Crippen molar-refractivity contribution in [1.82, 2.24) is 9.80 Å². The van der Waals surface area contributed by atoms with Crippen molar-refractivity contribution in [1.29, 1.82) is 0 Å². The molecule has 10 heteroatoms. The molecule has 0 bridgehead atoms. The summed E-state index contributed by atoms with van der Waals surface area (Å²) in [5, 5.41) is 0. The van der Waals surface area contributed by atoms with Crippen molar-refractivity contribution in [3.8, 4) is 0 Å². The summed E-state index contributed by atoms with van der Waals surface area (Å²) in [5.74, 6) is -3.29. The molecule has 2 aromatic carbocycles. The van der Waals surface area contributed by atoms with Crippen LogP contribution in [0.3, 0.4) is 0 Å². The van der Waals surface area contributed by atoms with Crippen LogP contribution in [0.25, 0.3) is 0 Å². The molecule has 1 atom stereocenters. The van der Waals surface area contributed by atoms with Crippen LogP contribution in [0.1, 0.15) is 36.2 Å². The highest BCUT2D eigenvalue weighted by molar-refractivity contribution is 7.92. The standard InChI is InChI=1S/C22H26F3N3O3S/c1-3-12-32(30,31)26-17-6-4-16(5-7-17)22(29)28-11-10-27(13-15(28)2)14-18-19(23)8-9-20(24)21(18)25/h4-9,15,26H,3,10-14H2,1-2H3/t15-/m0/s1. The number of nitrogens with one attached hydrogen (secondary N) is 1. The minimum Gasteiger partial charge on any atom is -0.333 e. The highest BCUT2D eigenvalue weighted by Gasteiger charge is 2.29. The highest BCUT2D eigenvalue weighted by atomic mass is 32.2. The largest absolute Gasteiger partial charge is 0.333 e. The van der Waals surface area contributed by atoms with Crippen molar-refractivity contribution >= 4 is 21.6 Å². The zero-order valence-corrected chi connectivity index (χ0v) is 18.8. The van der Waals surface area contributed by atoms with Gasteiger partial charge in [-0.1, -0.05) is 6.92 Å². The first-order chi connectivity index (χ1) is 15.1. The van der Waals surface area contributed by atoms with Gasteiger partial charge in [0.05, 0.1) is 5.75 Å². The van der Waals surface area contributed by atoms with Gasteiger partial charge in [0.1, 0.15) is 5.82 Å². The SMILES string of the molecule is CCCS(=O)(=O)Nc1ccc(C(=O)N2CCN(Cc3c(F)ccc(F)c3F)C[C@@H]2C)cc1. The Bertz CT molecular complexity index is 1080. The fourth-order valence-electron chi connectivity index (χ4n) is 3.76. The van der Waals surface area contributed by atoms with Crippen LogP contribution in [0.4, 0.5) is 18.9 Å². The summed E-state index contributed by atoms with van der Waals surface area (Å²) in [6.07, 6.45) is 0.494. The van der Waals surface area contributed by atoms with Crippen molar-refractivity contribution in [2.75, 3.05) is 30.1 Å². The van der Waals surface area contributed by atoms with Gasteiger partial charge in [-0.3, -0.25) is 14.4 Å². The number of benzene rings is 2. The first-order valence-electron chi connectivity index (χ1n) is 10.4. The lowest BCUT2D eigenvalue weighted by atomic mass is 10.1. The molecule has 174 valence electrons. The third-order valence-electron chi connectivity index (χ3n) is 5.37. The maximum atomic E-state index is 14.0. The Balaban J connectivity index is 1.63. The molecule has 1 saturated heterocycles. The van der Waals surface area contributed by atoms with Gasteiger partial charge in [0.25, 0.3) is 5.91 Å². The average molecular weight is 470 g/mol. The number of piperazine rings is 1. The second-order valence-corrected chi connectivity index (χ2v) is 9.74. The Labute approximate surface area is 186 Å². The molecule has 1 aliphatic rings. The molecule has 0 aliphatic carbocycles. The topological polar surface area (TPSA) is 69.7 Å². The summed E-state index contributed by atoms with van der Waals surface area (Å²) in [4.78, 5) is 16.4. The number of hydrogen-bond donors (Lipinski definition) is 1. The van der Waals surface area contributed by atoms with Crippen LogP contribution in [0, 0.1) is 17.5 Å².